The number of pyridine rings is 1. The molecule has 0 bridgehead atoms. The lowest BCUT2D eigenvalue weighted by atomic mass is 10.0. The Labute approximate surface area is 192 Å². The van der Waals surface area contributed by atoms with Crippen LogP contribution in [0, 0.1) is 0 Å². The molecule has 168 valence electrons. The van der Waals surface area contributed by atoms with Gasteiger partial charge in [0.1, 0.15) is 17.2 Å². The van der Waals surface area contributed by atoms with E-state index in [0.29, 0.717) is 35.1 Å². The van der Waals surface area contributed by atoms with Gasteiger partial charge < -0.3 is 14.8 Å². The van der Waals surface area contributed by atoms with Crippen molar-refractivity contribution in [2.75, 3.05) is 19.0 Å². The minimum Gasteiger partial charge on any atom is -0.496 e. The highest BCUT2D eigenvalue weighted by atomic mass is 16.5. The zero-order valence-corrected chi connectivity index (χ0v) is 18.6. The van der Waals surface area contributed by atoms with E-state index in [1.807, 2.05) is 43.3 Å². The Morgan fingerprint density at radius 1 is 0.970 bits per heavy atom. The standard InChI is InChI=1S/C26H25N3O4/c1-3-15-33-20-11-8-10-18(16-20)28-24-23(21-12-4-5-13-22(21)32-2)25(30)29(26(24)31)17-19-9-6-7-14-27-19/h4-14,16,28H,3,15,17H2,1-2H3. The number of anilines is 1. The molecule has 7 heteroatoms. The van der Waals surface area contributed by atoms with Crippen LogP contribution in [-0.2, 0) is 16.1 Å². The lowest BCUT2D eigenvalue weighted by molar-refractivity contribution is -0.137. The van der Waals surface area contributed by atoms with Crippen LogP contribution in [-0.4, -0.2) is 35.4 Å². The third-order valence-corrected chi connectivity index (χ3v) is 5.17. The molecule has 3 aromatic rings. The number of imide groups is 1. The third-order valence-electron chi connectivity index (χ3n) is 5.17. The van der Waals surface area contributed by atoms with E-state index in [-0.39, 0.29) is 17.8 Å². The summed E-state index contributed by atoms with van der Waals surface area (Å²) in [4.78, 5) is 32.4. The Kier molecular flexibility index (Phi) is 6.69. The van der Waals surface area contributed by atoms with E-state index < -0.39 is 11.8 Å². The monoisotopic (exact) mass is 443 g/mol. The zero-order chi connectivity index (χ0) is 23.2. The molecule has 4 rings (SSSR count). The van der Waals surface area contributed by atoms with Crippen molar-refractivity contribution in [3.8, 4) is 11.5 Å². The number of nitrogens with one attached hydrogen (secondary N) is 1. The number of nitrogens with zero attached hydrogens (tertiary/aromatic N) is 2. The number of methoxy groups -OCH3 is 1. The molecular formula is C26H25N3O4. The van der Waals surface area contributed by atoms with Crippen molar-refractivity contribution >= 4 is 23.1 Å². The molecule has 0 fully saturated rings. The number of hydrogen-bond acceptors (Lipinski definition) is 6. The summed E-state index contributed by atoms with van der Waals surface area (Å²) in [7, 11) is 1.54. The van der Waals surface area contributed by atoms with Gasteiger partial charge in [-0.1, -0.05) is 37.3 Å². The SMILES string of the molecule is CCCOc1cccc(NC2=C(c3ccccc3OC)C(=O)N(Cc3ccccn3)C2=O)c1. The highest BCUT2D eigenvalue weighted by Gasteiger charge is 2.40. The first kappa shape index (κ1) is 22.1. The molecule has 1 aliphatic rings. The van der Waals surface area contributed by atoms with Crippen LogP contribution in [0.2, 0.25) is 0 Å². The summed E-state index contributed by atoms with van der Waals surface area (Å²) in [5, 5.41) is 3.17. The summed E-state index contributed by atoms with van der Waals surface area (Å²) < 4.78 is 11.2. The van der Waals surface area contributed by atoms with E-state index in [1.165, 1.54) is 12.0 Å². The minimum atomic E-state index is -0.425. The van der Waals surface area contributed by atoms with Gasteiger partial charge in [-0.05, 0) is 36.8 Å². The minimum absolute atomic E-state index is 0.0714. The second-order valence-electron chi connectivity index (χ2n) is 7.47. The molecule has 0 radical (unpaired) electrons. The van der Waals surface area contributed by atoms with Gasteiger partial charge in [0.25, 0.3) is 11.8 Å². The Hall–Kier alpha value is -4.13. The molecule has 0 aliphatic carbocycles. The number of aromatic nitrogens is 1. The fourth-order valence-corrected chi connectivity index (χ4v) is 3.62. The van der Waals surface area contributed by atoms with Gasteiger partial charge in [-0.15, -0.1) is 0 Å². The summed E-state index contributed by atoms with van der Waals surface area (Å²) in [5.41, 5.74) is 2.26. The number of para-hydroxylation sites is 1. The zero-order valence-electron chi connectivity index (χ0n) is 18.6. The largest absolute Gasteiger partial charge is 0.496 e. The van der Waals surface area contributed by atoms with Crippen LogP contribution < -0.4 is 14.8 Å². The van der Waals surface area contributed by atoms with Crippen molar-refractivity contribution < 1.29 is 19.1 Å². The number of carbonyl (C=O) groups is 2. The van der Waals surface area contributed by atoms with Crippen LogP contribution >= 0.6 is 0 Å². The molecule has 7 nitrogen and oxygen atoms in total. The van der Waals surface area contributed by atoms with Crippen LogP contribution in [0.4, 0.5) is 5.69 Å². The molecule has 2 aromatic carbocycles. The normalized spacial score (nSPS) is 13.5. The van der Waals surface area contributed by atoms with Gasteiger partial charge in [-0.25, -0.2) is 0 Å². The second kappa shape index (κ2) is 9.99. The highest BCUT2D eigenvalue weighted by Crippen LogP contribution is 2.36. The van der Waals surface area contributed by atoms with Gasteiger partial charge in [0, 0.05) is 23.5 Å². The van der Waals surface area contributed by atoms with Crippen LogP contribution in [0.3, 0.4) is 0 Å². The number of carbonyl (C=O) groups excluding carboxylic acids is 2. The number of benzene rings is 2. The molecule has 1 aliphatic heterocycles. The van der Waals surface area contributed by atoms with Crippen molar-refractivity contribution in [2.45, 2.75) is 19.9 Å². The topological polar surface area (TPSA) is 80.8 Å². The van der Waals surface area contributed by atoms with E-state index in [1.54, 1.807) is 36.5 Å². The molecule has 0 atom stereocenters. The summed E-state index contributed by atoms with van der Waals surface area (Å²) in [6, 6.07) is 19.9. The van der Waals surface area contributed by atoms with Gasteiger partial charge in [0.15, 0.2) is 0 Å². The Morgan fingerprint density at radius 3 is 2.55 bits per heavy atom. The van der Waals surface area contributed by atoms with Crippen molar-refractivity contribution in [3.63, 3.8) is 0 Å². The fraction of sp³-hybridized carbons (Fsp3) is 0.192. The number of ether oxygens (including phenoxy) is 2. The maximum atomic E-state index is 13.5. The Balaban J connectivity index is 1.74. The summed E-state index contributed by atoms with van der Waals surface area (Å²) >= 11 is 0. The average Bonchev–Trinajstić information content (AvgIpc) is 3.07. The second-order valence-corrected chi connectivity index (χ2v) is 7.47. The number of hydrogen-bond donors (Lipinski definition) is 1. The maximum Gasteiger partial charge on any atom is 0.278 e. The van der Waals surface area contributed by atoms with E-state index >= 15 is 0 Å². The average molecular weight is 444 g/mol. The van der Waals surface area contributed by atoms with Gasteiger partial charge in [-0.3, -0.25) is 19.5 Å². The smallest absolute Gasteiger partial charge is 0.278 e. The molecule has 0 unspecified atom stereocenters. The molecule has 1 aromatic heterocycles. The molecule has 0 saturated carbocycles. The molecular weight excluding hydrogens is 418 g/mol. The molecule has 0 spiro atoms. The molecule has 2 heterocycles. The molecule has 33 heavy (non-hydrogen) atoms. The first-order valence-corrected chi connectivity index (χ1v) is 10.8. The first-order valence-electron chi connectivity index (χ1n) is 10.8. The first-order chi connectivity index (χ1) is 16.1. The summed E-state index contributed by atoms with van der Waals surface area (Å²) in [6.45, 7) is 2.70. The molecule has 2 amide bonds. The van der Waals surface area contributed by atoms with Gasteiger partial charge in [0.05, 0.1) is 31.5 Å². The van der Waals surface area contributed by atoms with E-state index in [9.17, 15) is 9.59 Å². The van der Waals surface area contributed by atoms with Crippen molar-refractivity contribution in [1.29, 1.82) is 0 Å². The van der Waals surface area contributed by atoms with Crippen LogP contribution in [0.5, 0.6) is 11.5 Å². The van der Waals surface area contributed by atoms with Crippen LogP contribution in [0.15, 0.2) is 78.6 Å². The van der Waals surface area contributed by atoms with E-state index in [4.69, 9.17) is 9.47 Å². The summed E-state index contributed by atoms with van der Waals surface area (Å²) in [5.74, 6) is 0.360. The highest BCUT2D eigenvalue weighted by molar-refractivity contribution is 6.36. The number of rotatable bonds is 9. The van der Waals surface area contributed by atoms with Crippen molar-refractivity contribution in [1.82, 2.24) is 9.88 Å². The maximum absolute atomic E-state index is 13.5. The predicted octanol–water partition coefficient (Wildman–Crippen LogP) is 4.27. The fourth-order valence-electron chi connectivity index (χ4n) is 3.62. The molecule has 1 N–H and O–H groups in total. The Bertz CT molecular complexity index is 1190. The van der Waals surface area contributed by atoms with Crippen LogP contribution in [0.25, 0.3) is 5.57 Å². The molecule has 0 saturated heterocycles. The quantitative estimate of drug-likeness (QED) is 0.498. The van der Waals surface area contributed by atoms with Gasteiger partial charge >= 0.3 is 0 Å². The predicted molar refractivity (Wildman–Crippen MR) is 126 cm³/mol. The van der Waals surface area contributed by atoms with Gasteiger partial charge in [0.2, 0.25) is 0 Å². The van der Waals surface area contributed by atoms with Crippen molar-refractivity contribution in [2.24, 2.45) is 0 Å². The van der Waals surface area contributed by atoms with Gasteiger partial charge in [-0.2, -0.15) is 0 Å². The number of amides is 2. The lowest BCUT2D eigenvalue weighted by Crippen LogP contribution is -2.32. The third kappa shape index (κ3) is 4.72. The van der Waals surface area contributed by atoms with Crippen LogP contribution in [0.1, 0.15) is 24.6 Å². The van der Waals surface area contributed by atoms with E-state index in [0.717, 1.165) is 6.42 Å². The lowest BCUT2D eigenvalue weighted by Gasteiger charge is -2.15. The Morgan fingerprint density at radius 2 is 1.79 bits per heavy atom. The summed E-state index contributed by atoms with van der Waals surface area (Å²) in [6.07, 6.45) is 2.52. The van der Waals surface area contributed by atoms with Crippen molar-refractivity contribution in [3.05, 3.63) is 89.9 Å². The van der Waals surface area contributed by atoms with E-state index in [2.05, 4.69) is 10.3 Å².